The molecule has 0 bridgehead atoms. The van der Waals surface area contributed by atoms with E-state index in [4.69, 9.17) is 0 Å². The van der Waals surface area contributed by atoms with Gasteiger partial charge in [-0.25, -0.2) is 4.39 Å². The summed E-state index contributed by atoms with van der Waals surface area (Å²) in [6.45, 7) is 17.7. The van der Waals surface area contributed by atoms with Crippen LogP contribution in [-0.2, 0) is 9.59 Å². The molecular formula is C34H47FN2O2. The molecule has 0 radical (unpaired) electrons. The smallest absolute Gasteiger partial charge is 0.178 e. The van der Waals surface area contributed by atoms with Gasteiger partial charge in [-0.05, 0) is 84.5 Å². The molecule has 1 aliphatic heterocycles. The third kappa shape index (κ3) is 3.49. The van der Waals surface area contributed by atoms with Crippen LogP contribution in [0.5, 0.6) is 0 Å². The maximum Gasteiger partial charge on any atom is 0.178 e. The number of fused-ring (bicyclic) bond motifs is 7. The largest absolute Gasteiger partial charge is 0.297 e. The van der Waals surface area contributed by atoms with E-state index in [1.807, 2.05) is 26.0 Å². The predicted octanol–water partition coefficient (Wildman–Crippen LogP) is 6.86. The van der Waals surface area contributed by atoms with Gasteiger partial charge in [-0.15, -0.1) is 0 Å². The van der Waals surface area contributed by atoms with Crippen LogP contribution in [-0.4, -0.2) is 42.3 Å². The zero-order chi connectivity index (χ0) is 28.4. The molecular weight excluding hydrogens is 487 g/mol. The molecule has 5 heteroatoms. The lowest BCUT2D eigenvalue weighted by Crippen LogP contribution is -2.66. The Bertz CT molecular complexity index is 1230. The van der Waals surface area contributed by atoms with Crippen molar-refractivity contribution >= 4 is 11.6 Å². The molecule has 39 heavy (non-hydrogen) atoms. The summed E-state index contributed by atoms with van der Waals surface area (Å²) < 4.78 is 13.8. The topological polar surface area (TPSA) is 61.2 Å². The summed E-state index contributed by atoms with van der Waals surface area (Å²) >= 11 is 0. The number of rotatable bonds is 2. The van der Waals surface area contributed by atoms with Crippen LogP contribution in [0.1, 0.15) is 93.4 Å². The minimum absolute atomic E-state index is 0.0418. The number of hydrogen-bond donors (Lipinski definition) is 0. The van der Waals surface area contributed by atoms with E-state index in [2.05, 4.69) is 45.6 Å². The number of alkyl halides is 1. The Hall–Kier alpha value is -1.80. The number of Topliss-reactive ketones (excluding diaryl/α,β-unsaturated/α-hetero) is 1. The Labute approximate surface area is 234 Å². The molecule has 3 saturated carbocycles. The van der Waals surface area contributed by atoms with Crippen LogP contribution in [0.2, 0.25) is 0 Å². The molecule has 4 nitrogen and oxygen atoms in total. The number of halogens is 1. The number of nitriles is 1. The number of allylic oxidation sites excluding steroid dienone is 4. The van der Waals surface area contributed by atoms with Gasteiger partial charge < -0.3 is 0 Å². The Kier molecular flexibility index (Phi) is 5.72. The van der Waals surface area contributed by atoms with Crippen molar-refractivity contribution in [1.29, 1.82) is 5.26 Å². The monoisotopic (exact) mass is 534 g/mol. The quantitative estimate of drug-likeness (QED) is 0.388. The van der Waals surface area contributed by atoms with Gasteiger partial charge in [0.05, 0.1) is 5.57 Å². The van der Waals surface area contributed by atoms with Crippen molar-refractivity contribution in [1.82, 2.24) is 4.90 Å². The summed E-state index contributed by atoms with van der Waals surface area (Å²) in [5.41, 5.74) is 0.176. The Balaban J connectivity index is 1.47. The minimum Gasteiger partial charge on any atom is -0.297 e. The molecule has 1 heterocycles. The summed E-state index contributed by atoms with van der Waals surface area (Å²) in [6, 6.07) is 2.20. The van der Waals surface area contributed by atoms with Gasteiger partial charge in [-0.1, -0.05) is 60.1 Å². The van der Waals surface area contributed by atoms with E-state index in [1.165, 1.54) is 0 Å². The average Bonchev–Trinajstić information content (AvgIpc) is 2.82. The molecule has 7 atom stereocenters. The molecule has 1 saturated heterocycles. The third-order valence-corrected chi connectivity index (χ3v) is 13.5. The van der Waals surface area contributed by atoms with E-state index in [1.54, 1.807) is 0 Å². The van der Waals surface area contributed by atoms with Crippen molar-refractivity contribution in [3.8, 4) is 6.07 Å². The highest BCUT2D eigenvalue weighted by atomic mass is 19.1. The van der Waals surface area contributed by atoms with Gasteiger partial charge in [-0.2, -0.15) is 5.26 Å². The second-order valence-electron chi connectivity index (χ2n) is 16.4. The first-order valence-corrected chi connectivity index (χ1v) is 15.3. The van der Waals surface area contributed by atoms with Crippen LogP contribution in [0.4, 0.5) is 4.39 Å². The maximum absolute atomic E-state index is 14.6. The molecule has 212 valence electrons. The summed E-state index contributed by atoms with van der Waals surface area (Å²) in [6.07, 6.45) is 10.5. The van der Waals surface area contributed by atoms with E-state index < -0.39 is 17.0 Å². The molecule has 4 fully saturated rings. The molecule has 0 spiro atoms. The van der Waals surface area contributed by atoms with E-state index in [0.717, 1.165) is 57.1 Å². The number of carbonyl (C=O) groups is 2. The van der Waals surface area contributed by atoms with Crippen molar-refractivity contribution in [2.24, 2.45) is 50.2 Å². The van der Waals surface area contributed by atoms with Gasteiger partial charge in [0.2, 0.25) is 0 Å². The third-order valence-electron chi connectivity index (χ3n) is 13.5. The summed E-state index contributed by atoms with van der Waals surface area (Å²) in [7, 11) is 0. The molecule has 0 unspecified atom stereocenters. The second-order valence-corrected chi connectivity index (χ2v) is 16.4. The molecule has 0 aromatic heterocycles. The number of nitrogens with zero attached hydrogens (tertiary/aromatic N) is 2. The molecule has 6 aliphatic rings. The van der Waals surface area contributed by atoms with Gasteiger partial charge >= 0.3 is 0 Å². The van der Waals surface area contributed by atoms with Crippen molar-refractivity contribution in [2.75, 3.05) is 19.6 Å². The summed E-state index contributed by atoms with van der Waals surface area (Å²) in [4.78, 5) is 30.1. The van der Waals surface area contributed by atoms with Gasteiger partial charge in [0, 0.05) is 36.4 Å². The molecule has 0 N–H and O–H groups in total. The normalized spacial score (nSPS) is 46.9. The SMILES string of the molecule is CC1(C)CC[C@]2(CN3CC(F)C3)CC[C@]3(C)[C@H](C(=O)C=C4[C@@]5(C)C=C(C#N)C(=O)C(C)(C)[C@@H]5CC[C@]43C)[C@@H]2C1. The Morgan fingerprint density at radius 2 is 1.67 bits per heavy atom. The van der Waals surface area contributed by atoms with Crippen LogP contribution in [0.3, 0.4) is 0 Å². The fourth-order valence-corrected chi connectivity index (χ4v) is 11.1. The Morgan fingerprint density at radius 1 is 1.00 bits per heavy atom. The maximum atomic E-state index is 14.6. The number of ketones is 2. The zero-order valence-corrected chi connectivity index (χ0v) is 25.1. The average molecular weight is 535 g/mol. The molecule has 0 aromatic carbocycles. The fourth-order valence-electron chi connectivity index (χ4n) is 11.1. The molecule has 6 rings (SSSR count). The summed E-state index contributed by atoms with van der Waals surface area (Å²) in [5.74, 6) is 0.516. The lowest BCUT2D eigenvalue weighted by Gasteiger charge is -2.69. The highest BCUT2D eigenvalue weighted by Crippen LogP contribution is 2.74. The molecule has 5 aliphatic carbocycles. The first kappa shape index (κ1) is 27.4. The fraction of sp³-hybridized carbons (Fsp3) is 0.794. The first-order valence-electron chi connectivity index (χ1n) is 15.3. The van der Waals surface area contributed by atoms with Crippen LogP contribution >= 0.6 is 0 Å². The molecule has 0 amide bonds. The highest BCUT2D eigenvalue weighted by molar-refractivity contribution is 6.04. The van der Waals surface area contributed by atoms with E-state index in [9.17, 15) is 19.2 Å². The lowest BCUT2D eigenvalue weighted by molar-refractivity contribution is -0.177. The van der Waals surface area contributed by atoms with Crippen molar-refractivity contribution in [3.05, 3.63) is 23.3 Å². The van der Waals surface area contributed by atoms with Crippen LogP contribution in [0, 0.1) is 61.6 Å². The van der Waals surface area contributed by atoms with Crippen LogP contribution < -0.4 is 0 Å². The Morgan fingerprint density at radius 3 is 2.31 bits per heavy atom. The minimum atomic E-state index is -0.705. The van der Waals surface area contributed by atoms with Gasteiger partial charge in [0.1, 0.15) is 12.2 Å². The standard InChI is InChI=1S/C34H47FN2O2/c1-29(2)10-12-34(20-37-18-22(35)19-37)13-11-33(7)27(23(34)16-29)24(38)14-26-31(5)15-21(17-36)28(39)30(3,4)25(31)8-9-32(26,33)6/h14-15,22-23,25,27H,8-13,16,18-20H2,1-7H3/t23-,25-,27-,31-,32+,33+,34+/m0/s1. The van der Waals surface area contributed by atoms with Crippen molar-refractivity contribution in [2.45, 2.75) is 99.6 Å². The van der Waals surface area contributed by atoms with Crippen LogP contribution in [0.25, 0.3) is 0 Å². The zero-order valence-electron chi connectivity index (χ0n) is 25.1. The van der Waals surface area contributed by atoms with Crippen molar-refractivity contribution in [3.63, 3.8) is 0 Å². The summed E-state index contributed by atoms with van der Waals surface area (Å²) in [5, 5.41) is 9.92. The van der Waals surface area contributed by atoms with Gasteiger partial charge in [0.25, 0.3) is 0 Å². The molecule has 0 aromatic rings. The van der Waals surface area contributed by atoms with Crippen molar-refractivity contribution < 1.29 is 14.0 Å². The van der Waals surface area contributed by atoms with E-state index in [-0.39, 0.29) is 50.6 Å². The van der Waals surface area contributed by atoms with Gasteiger partial charge in [0.15, 0.2) is 11.6 Å². The number of carbonyl (C=O) groups excluding carboxylic acids is 2. The van der Waals surface area contributed by atoms with E-state index in [0.29, 0.717) is 19.0 Å². The highest BCUT2D eigenvalue weighted by Gasteiger charge is 2.69. The second kappa shape index (κ2) is 8.15. The van der Waals surface area contributed by atoms with Gasteiger partial charge in [-0.3, -0.25) is 14.5 Å². The number of likely N-dealkylation sites (tertiary alicyclic amines) is 1. The first-order chi connectivity index (χ1) is 18.0. The van der Waals surface area contributed by atoms with E-state index >= 15 is 0 Å². The lowest BCUT2D eigenvalue weighted by atomic mass is 9.34. The predicted molar refractivity (Wildman–Crippen MR) is 150 cm³/mol. The van der Waals surface area contributed by atoms with Crippen LogP contribution in [0.15, 0.2) is 23.3 Å². The number of hydrogen-bond acceptors (Lipinski definition) is 4.